The molecule has 2 saturated carbocycles. The molecule has 2 spiro atoms. The van der Waals surface area contributed by atoms with Crippen LogP contribution >= 0.6 is 0 Å². The highest BCUT2D eigenvalue weighted by Crippen LogP contribution is 2.74. The van der Waals surface area contributed by atoms with Gasteiger partial charge in [-0.05, 0) is 44.9 Å². The van der Waals surface area contributed by atoms with Gasteiger partial charge in [-0.15, -0.1) is 0 Å². The third kappa shape index (κ3) is 3.08. The third-order valence-corrected chi connectivity index (χ3v) is 10.2. The molecule has 5 heterocycles. The van der Waals surface area contributed by atoms with Crippen molar-refractivity contribution in [1.82, 2.24) is 0 Å². The highest BCUT2D eigenvalue weighted by molar-refractivity contribution is 5.66. The van der Waals surface area contributed by atoms with Gasteiger partial charge in [0, 0.05) is 44.3 Å². The number of epoxide rings is 1. The first-order valence-electron chi connectivity index (χ1n) is 13.3. The van der Waals surface area contributed by atoms with E-state index in [1.165, 1.54) is 6.92 Å². The molecule has 2 bridgehead atoms. The van der Waals surface area contributed by atoms with Crippen LogP contribution in [0.3, 0.4) is 0 Å². The van der Waals surface area contributed by atoms with E-state index in [1.54, 1.807) is 0 Å². The second-order valence-electron chi connectivity index (χ2n) is 11.6. The predicted octanol–water partition coefficient (Wildman–Crippen LogP) is 3.41. The van der Waals surface area contributed by atoms with Crippen molar-refractivity contribution in [3.05, 3.63) is 0 Å². The Kier molecular flexibility index (Phi) is 5.64. The fourth-order valence-electron chi connectivity index (χ4n) is 8.61. The Morgan fingerprint density at radius 3 is 2.44 bits per heavy atom. The van der Waals surface area contributed by atoms with E-state index in [2.05, 4.69) is 13.8 Å². The highest BCUT2D eigenvalue weighted by atomic mass is 16.8. The monoisotopic (exact) mass is 480 g/mol. The molecule has 1 unspecified atom stereocenters. The molecule has 7 fully saturated rings. The van der Waals surface area contributed by atoms with Crippen LogP contribution < -0.4 is 0 Å². The van der Waals surface area contributed by atoms with E-state index >= 15 is 0 Å². The summed E-state index contributed by atoms with van der Waals surface area (Å²) in [6.07, 6.45) is 3.32. The molecule has 0 aromatic carbocycles. The second-order valence-corrected chi connectivity index (χ2v) is 11.6. The molecular weight excluding hydrogens is 440 g/mol. The van der Waals surface area contributed by atoms with Crippen molar-refractivity contribution in [2.24, 2.45) is 28.6 Å². The lowest BCUT2D eigenvalue weighted by atomic mass is 9.40. The minimum absolute atomic E-state index is 0.0534. The largest absolute Gasteiger partial charge is 0.462 e. The molecule has 2 aliphatic carbocycles. The van der Waals surface area contributed by atoms with E-state index < -0.39 is 11.7 Å². The Labute approximate surface area is 202 Å². The summed E-state index contributed by atoms with van der Waals surface area (Å²) in [6.45, 7) is 12.0. The predicted molar refractivity (Wildman–Crippen MR) is 119 cm³/mol. The molecule has 7 rings (SSSR count). The summed E-state index contributed by atoms with van der Waals surface area (Å²) in [5, 5.41) is 0. The van der Waals surface area contributed by atoms with Gasteiger partial charge >= 0.3 is 5.97 Å². The molecule has 0 N–H and O–H groups in total. The van der Waals surface area contributed by atoms with Gasteiger partial charge in [0.2, 0.25) is 0 Å². The van der Waals surface area contributed by atoms with Crippen molar-refractivity contribution in [3.8, 4) is 0 Å². The summed E-state index contributed by atoms with van der Waals surface area (Å²) < 4.78 is 43.7. The molecule has 7 aliphatic rings. The molecule has 8 nitrogen and oxygen atoms in total. The molecule has 5 saturated heterocycles. The third-order valence-electron chi connectivity index (χ3n) is 10.2. The van der Waals surface area contributed by atoms with Crippen molar-refractivity contribution < 1.29 is 38.0 Å². The lowest BCUT2D eigenvalue weighted by Crippen LogP contribution is -2.76. The number of carbonyl (C=O) groups is 1. The van der Waals surface area contributed by atoms with Crippen LogP contribution in [-0.4, -0.2) is 68.6 Å². The van der Waals surface area contributed by atoms with Gasteiger partial charge in [0.15, 0.2) is 18.9 Å². The maximum absolute atomic E-state index is 12.3. The zero-order valence-electron chi connectivity index (χ0n) is 21.1. The zero-order chi connectivity index (χ0) is 23.9. The van der Waals surface area contributed by atoms with Gasteiger partial charge in [-0.3, -0.25) is 4.79 Å². The fourth-order valence-corrected chi connectivity index (χ4v) is 8.61. The summed E-state index contributed by atoms with van der Waals surface area (Å²) >= 11 is 0. The number of esters is 1. The summed E-state index contributed by atoms with van der Waals surface area (Å²) in [5.41, 5.74) is -1.05. The first-order valence-corrected chi connectivity index (χ1v) is 13.3. The molecule has 0 radical (unpaired) electrons. The van der Waals surface area contributed by atoms with E-state index in [9.17, 15) is 4.79 Å². The summed E-state index contributed by atoms with van der Waals surface area (Å²) in [6, 6.07) is 0. The fraction of sp³-hybridized carbons (Fsp3) is 0.962. The maximum atomic E-state index is 12.3. The molecule has 8 heteroatoms. The van der Waals surface area contributed by atoms with Crippen LogP contribution in [0.15, 0.2) is 0 Å². The number of hydrogen-bond acceptors (Lipinski definition) is 8. The van der Waals surface area contributed by atoms with Crippen molar-refractivity contribution in [2.45, 2.75) is 110 Å². The van der Waals surface area contributed by atoms with Gasteiger partial charge in [0.25, 0.3) is 0 Å². The minimum Gasteiger partial charge on any atom is -0.462 e. The molecule has 192 valence electrons. The van der Waals surface area contributed by atoms with Crippen molar-refractivity contribution in [3.63, 3.8) is 0 Å². The van der Waals surface area contributed by atoms with Gasteiger partial charge < -0.3 is 33.2 Å². The van der Waals surface area contributed by atoms with Crippen LogP contribution in [0.25, 0.3) is 0 Å². The zero-order valence-corrected chi connectivity index (χ0v) is 21.1. The van der Waals surface area contributed by atoms with Gasteiger partial charge in [0.1, 0.15) is 11.7 Å². The second kappa shape index (κ2) is 8.12. The van der Waals surface area contributed by atoms with Crippen LogP contribution in [0.5, 0.6) is 0 Å². The van der Waals surface area contributed by atoms with Gasteiger partial charge in [0.05, 0.1) is 24.2 Å². The number of hydrogen-bond donors (Lipinski definition) is 0. The van der Waals surface area contributed by atoms with E-state index in [-0.39, 0.29) is 59.7 Å². The van der Waals surface area contributed by atoms with Crippen LogP contribution in [-0.2, 0) is 38.0 Å². The van der Waals surface area contributed by atoms with Gasteiger partial charge in [-0.2, -0.15) is 0 Å². The standard InChI is InChI=1S/C26H40O8/c1-6-28-21-10-16-9-19(33-22(16)34-21)24(5)14(3)8-20(31-15(4)27)26-18(24)11-17(12-25(26)13-30-25)32-23(26)29-7-2/h14,16-23H,6-13H2,1-5H3/t14-,16+,17+,18-,19+,20+,21-,22-,23?,24+,25+,26+/m1/s1. The van der Waals surface area contributed by atoms with E-state index in [0.29, 0.717) is 25.7 Å². The number of fused-ring (bicyclic) bond motifs is 2. The summed E-state index contributed by atoms with van der Waals surface area (Å²) in [7, 11) is 0. The molecule has 5 aliphatic heterocycles. The van der Waals surface area contributed by atoms with Gasteiger partial charge in [-0.1, -0.05) is 13.8 Å². The SMILES string of the molecule is CCOC1O[C@H]2C[C@@H]3[C@@](C)([C@@H]4C[C@H]5C[C@H](OCC)O[C@H]5O4)[C@H](C)C[C@H](OC(C)=O)[C@]13[C@@]1(CO1)C2. The summed E-state index contributed by atoms with van der Waals surface area (Å²) in [5.74, 6) is 0.566. The van der Waals surface area contributed by atoms with Crippen LogP contribution in [0.1, 0.15) is 66.7 Å². The van der Waals surface area contributed by atoms with Gasteiger partial charge in [-0.25, -0.2) is 0 Å². The number of carbonyl (C=O) groups excluding carboxylic acids is 1. The normalized spacial score (nSPS) is 55.3. The van der Waals surface area contributed by atoms with E-state index in [4.69, 9.17) is 33.2 Å². The Balaban J connectivity index is 1.38. The van der Waals surface area contributed by atoms with Crippen LogP contribution in [0.2, 0.25) is 0 Å². The molecule has 0 aromatic rings. The topological polar surface area (TPSA) is 85.0 Å². The lowest BCUT2D eigenvalue weighted by molar-refractivity contribution is -0.384. The van der Waals surface area contributed by atoms with E-state index in [1.807, 2.05) is 13.8 Å². The highest BCUT2D eigenvalue weighted by Gasteiger charge is 2.82. The average Bonchev–Trinajstić information content (AvgIpc) is 3.25. The Morgan fingerprint density at radius 2 is 1.79 bits per heavy atom. The molecular formula is C26H40O8. The van der Waals surface area contributed by atoms with Crippen molar-refractivity contribution in [1.29, 1.82) is 0 Å². The lowest BCUT2D eigenvalue weighted by Gasteiger charge is -2.69. The van der Waals surface area contributed by atoms with Crippen LogP contribution in [0, 0.1) is 28.6 Å². The molecule has 0 amide bonds. The Bertz CT molecular complexity index is 801. The maximum Gasteiger partial charge on any atom is 0.302 e. The number of ether oxygens (including phenoxy) is 7. The van der Waals surface area contributed by atoms with Crippen molar-refractivity contribution >= 4 is 5.97 Å². The summed E-state index contributed by atoms with van der Waals surface area (Å²) in [4.78, 5) is 12.3. The van der Waals surface area contributed by atoms with E-state index in [0.717, 1.165) is 32.1 Å². The first kappa shape index (κ1) is 23.6. The van der Waals surface area contributed by atoms with Crippen LogP contribution in [0.4, 0.5) is 0 Å². The Morgan fingerprint density at radius 1 is 1.03 bits per heavy atom. The number of rotatable bonds is 6. The van der Waals surface area contributed by atoms with Crippen molar-refractivity contribution in [2.75, 3.05) is 19.8 Å². The molecule has 12 atom stereocenters. The average molecular weight is 481 g/mol. The molecule has 34 heavy (non-hydrogen) atoms. The smallest absolute Gasteiger partial charge is 0.302 e. The molecule has 0 aromatic heterocycles. The first-order chi connectivity index (χ1) is 16.3. The Hall–Kier alpha value is -0.770. The minimum atomic E-state index is -0.541. The quantitative estimate of drug-likeness (QED) is 0.422.